The number of rotatable bonds is 4. The molecule has 0 saturated carbocycles. The Morgan fingerprint density at radius 1 is 1.50 bits per heavy atom. The van der Waals surface area contributed by atoms with E-state index in [-0.39, 0.29) is 25.1 Å². The summed E-state index contributed by atoms with van der Waals surface area (Å²) in [5.74, 6) is -0.111. The second-order valence-electron chi connectivity index (χ2n) is 5.04. The zero-order valence-electron chi connectivity index (χ0n) is 11.4. The quantitative estimate of drug-likeness (QED) is 0.868. The predicted molar refractivity (Wildman–Crippen MR) is 76.1 cm³/mol. The minimum absolute atomic E-state index is 0.0833. The van der Waals surface area contributed by atoms with Crippen molar-refractivity contribution < 1.29 is 9.90 Å². The van der Waals surface area contributed by atoms with Gasteiger partial charge in [-0.05, 0) is 37.6 Å². The maximum Gasteiger partial charge on any atom is 0.238 e. The molecule has 20 heavy (non-hydrogen) atoms. The number of hydrogen-bond donors (Lipinski definition) is 2. The fourth-order valence-electron chi connectivity index (χ4n) is 2.53. The summed E-state index contributed by atoms with van der Waals surface area (Å²) in [6, 6.07) is 8.98. The van der Waals surface area contributed by atoms with E-state index in [1.165, 1.54) is 0 Å². The van der Waals surface area contributed by atoms with Crippen molar-refractivity contribution >= 4 is 11.6 Å². The molecule has 0 spiro atoms. The van der Waals surface area contributed by atoms with Crippen LogP contribution in [0, 0.1) is 11.3 Å². The number of nitrogens with zero attached hydrogens (tertiary/aromatic N) is 2. The topological polar surface area (TPSA) is 76.4 Å². The molecule has 1 fully saturated rings. The molecule has 1 unspecified atom stereocenters. The zero-order chi connectivity index (χ0) is 14.4. The monoisotopic (exact) mass is 273 g/mol. The number of piperidine rings is 1. The number of likely N-dealkylation sites (tertiary alicyclic amines) is 1. The van der Waals surface area contributed by atoms with Gasteiger partial charge in [-0.25, -0.2) is 0 Å². The first-order chi connectivity index (χ1) is 9.72. The van der Waals surface area contributed by atoms with Crippen molar-refractivity contribution in [2.75, 3.05) is 25.0 Å². The summed E-state index contributed by atoms with van der Waals surface area (Å²) in [5, 5.41) is 20.9. The summed E-state index contributed by atoms with van der Waals surface area (Å²) in [7, 11) is 0. The van der Waals surface area contributed by atoms with Crippen LogP contribution < -0.4 is 5.32 Å². The largest absolute Gasteiger partial charge is 0.395 e. The number of hydrogen-bond acceptors (Lipinski definition) is 4. The third-order valence-corrected chi connectivity index (χ3v) is 3.58. The molecule has 1 aliphatic rings. The van der Waals surface area contributed by atoms with Crippen molar-refractivity contribution in [2.24, 2.45) is 0 Å². The fourth-order valence-corrected chi connectivity index (χ4v) is 2.53. The average molecular weight is 273 g/mol. The van der Waals surface area contributed by atoms with Gasteiger partial charge in [-0.15, -0.1) is 0 Å². The fraction of sp³-hybridized carbons (Fsp3) is 0.467. The number of carbonyl (C=O) groups is 1. The summed E-state index contributed by atoms with van der Waals surface area (Å²) in [6.45, 7) is 1.22. The minimum Gasteiger partial charge on any atom is -0.395 e. The van der Waals surface area contributed by atoms with Crippen molar-refractivity contribution in [3.63, 3.8) is 0 Å². The summed E-state index contributed by atoms with van der Waals surface area (Å²) < 4.78 is 0. The summed E-state index contributed by atoms with van der Waals surface area (Å²) in [5.41, 5.74) is 1.15. The molecular weight excluding hydrogens is 254 g/mol. The summed E-state index contributed by atoms with van der Waals surface area (Å²) in [6.07, 6.45) is 3.11. The highest BCUT2D eigenvalue weighted by Crippen LogP contribution is 2.16. The minimum atomic E-state index is -0.111. The molecule has 0 aromatic heterocycles. The molecule has 2 N–H and O–H groups in total. The van der Waals surface area contributed by atoms with Crippen LogP contribution in [0.1, 0.15) is 24.8 Å². The van der Waals surface area contributed by atoms with Crippen LogP contribution in [0.3, 0.4) is 0 Å². The van der Waals surface area contributed by atoms with E-state index in [1.807, 2.05) is 11.0 Å². The first-order valence-corrected chi connectivity index (χ1v) is 6.88. The number of amides is 1. The highest BCUT2D eigenvalue weighted by molar-refractivity contribution is 5.92. The van der Waals surface area contributed by atoms with Crippen LogP contribution in [0.4, 0.5) is 5.69 Å². The van der Waals surface area contributed by atoms with Crippen molar-refractivity contribution in [2.45, 2.75) is 25.3 Å². The molecule has 1 amide bonds. The highest BCUT2D eigenvalue weighted by Gasteiger charge is 2.23. The van der Waals surface area contributed by atoms with Gasteiger partial charge in [-0.1, -0.05) is 12.5 Å². The molecule has 5 nitrogen and oxygen atoms in total. The zero-order valence-corrected chi connectivity index (χ0v) is 11.4. The lowest BCUT2D eigenvalue weighted by molar-refractivity contribution is -0.118. The second-order valence-corrected chi connectivity index (χ2v) is 5.04. The number of nitrogens with one attached hydrogen (secondary N) is 1. The van der Waals surface area contributed by atoms with Crippen molar-refractivity contribution in [1.82, 2.24) is 4.90 Å². The molecule has 1 saturated heterocycles. The van der Waals surface area contributed by atoms with Gasteiger partial charge in [0.25, 0.3) is 0 Å². The number of nitriles is 1. The Kier molecular flexibility index (Phi) is 5.10. The second kappa shape index (κ2) is 7.04. The molecule has 1 aromatic rings. The maximum absolute atomic E-state index is 12.0. The van der Waals surface area contributed by atoms with Crippen LogP contribution in [0.5, 0.6) is 0 Å². The molecule has 2 rings (SSSR count). The van der Waals surface area contributed by atoms with Crippen molar-refractivity contribution in [3.05, 3.63) is 29.8 Å². The van der Waals surface area contributed by atoms with Crippen LogP contribution in [-0.4, -0.2) is 41.7 Å². The Hall–Kier alpha value is -1.90. The van der Waals surface area contributed by atoms with Gasteiger partial charge in [0.05, 0.1) is 24.8 Å². The number of aliphatic hydroxyl groups excluding tert-OH is 1. The van der Waals surface area contributed by atoms with E-state index in [0.29, 0.717) is 11.3 Å². The van der Waals surface area contributed by atoms with Gasteiger partial charge in [0.15, 0.2) is 0 Å². The van der Waals surface area contributed by atoms with Gasteiger partial charge in [0.1, 0.15) is 0 Å². The van der Waals surface area contributed by atoms with E-state index < -0.39 is 0 Å². The number of aliphatic hydroxyl groups is 1. The molecule has 1 heterocycles. The molecule has 1 aromatic carbocycles. The average Bonchev–Trinajstić information content (AvgIpc) is 2.48. The Morgan fingerprint density at radius 2 is 2.35 bits per heavy atom. The summed E-state index contributed by atoms with van der Waals surface area (Å²) in [4.78, 5) is 14.0. The molecular formula is C15H19N3O2. The van der Waals surface area contributed by atoms with Gasteiger partial charge < -0.3 is 10.4 Å². The van der Waals surface area contributed by atoms with Crippen LogP contribution >= 0.6 is 0 Å². The van der Waals surface area contributed by atoms with Gasteiger partial charge in [0, 0.05) is 11.7 Å². The number of carbonyl (C=O) groups excluding carboxylic acids is 1. The molecule has 0 radical (unpaired) electrons. The van der Waals surface area contributed by atoms with Crippen molar-refractivity contribution in [3.8, 4) is 6.07 Å². The first kappa shape index (κ1) is 14.5. The third kappa shape index (κ3) is 3.80. The molecule has 1 atom stereocenters. The Balaban J connectivity index is 1.93. The van der Waals surface area contributed by atoms with Gasteiger partial charge in [-0.2, -0.15) is 5.26 Å². The molecule has 0 bridgehead atoms. The summed E-state index contributed by atoms with van der Waals surface area (Å²) >= 11 is 0. The first-order valence-electron chi connectivity index (χ1n) is 6.88. The lowest BCUT2D eigenvalue weighted by Gasteiger charge is -2.33. The van der Waals surface area contributed by atoms with Crippen LogP contribution in [0.25, 0.3) is 0 Å². The number of anilines is 1. The number of benzene rings is 1. The maximum atomic E-state index is 12.0. The van der Waals surface area contributed by atoms with E-state index >= 15 is 0 Å². The SMILES string of the molecule is N#Cc1cccc(NC(=O)CN2CCCCC2CO)c1. The molecule has 106 valence electrons. The van der Waals surface area contributed by atoms with E-state index in [9.17, 15) is 9.90 Å². The van der Waals surface area contributed by atoms with Gasteiger partial charge in [-0.3, -0.25) is 9.69 Å². The van der Waals surface area contributed by atoms with E-state index in [1.54, 1.807) is 24.3 Å². The Labute approximate surface area is 118 Å². The standard InChI is InChI=1S/C15H19N3O2/c16-9-12-4-3-5-13(8-12)17-15(20)10-18-7-2-1-6-14(18)11-19/h3-5,8,14,19H,1-2,6-7,10-11H2,(H,17,20). The lowest BCUT2D eigenvalue weighted by atomic mass is 10.0. The Morgan fingerprint density at radius 3 is 3.10 bits per heavy atom. The van der Waals surface area contributed by atoms with E-state index in [0.717, 1.165) is 25.8 Å². The lowest BCUT2D eigenvalue weighted by Crippen LogP contribution is -2.45. The third-order valence-electron chi connectivity index (χ3n) is 3.58. The Bertz CT molecular complexity index is 510. The predicted octanol–water partition coefficient (Wildman–Crippen LogP) is 1.34. The van der Waals surface area contributed by atoms with E-state index in [2.05, 4.69) is 5.32 Å². The van der Waals surface area contributed by atoms with Crippen LogP contribution in [0.2, 0.25) is 0 Å². The van der Waals surface area contributed by atoms with Gasteiger partial charge >= 0.3 is 0 Å². The highest BCUT2D eigenvalue weighted by atomic mass is 16.3. The molecule has 5 heteroatoms. The van der Waals surface area contributed by atoms with E-state index in [4.69, 9.17) is 5.26 Å². The molecule has 1 aliphatic heterocycles. The van der Waals surface area contributed by atoms with Gasteiger partial charge in [0.2, 0.25) is 5.91 Å². The molecule has 0 aliphatic carbocycles. The normalized spacial score (nSPS) is 19.3. The van der Waals surface area contributed by atoms with Crippen LogP contribution in [-0.2, 0) is 4.79 Å². The van der Waals surface area contributed by atoms with Crippen LogP contribution in [0.15, 0.2) is 24.3 Å². The van der Waals surface area contributed by atoms with Crippen molar-refractivity contribution in [1.29, 1.82) is 5.26 Å². The smallest absolute Gasteiger partial charge is 0.238 e.